The molecule has 1 aliphatic rings. The summed E-state index contributed by atoms with van der Waals surface area (Å²) in [6.45, 7) is 3.19. The third-order valence-corrected chi connectivity index (χ3v) is 6.27. The molecule has 0 spiro atoms. The predicted molar refractivity (Wildman–Crippen MR) is 134 cm³/mol. The van der Waals surface area contributed by atoms with Crippen LogP contribution in [-0.4, -0.2) is 51.7 Å². The highest BCUT2D eigenvalue weighted by Crippen LogP contribution is 2.40. The Kier molecular flexibility index (Phi) is 5.79. The van der Waals surface area contributed by atoms with E-state index in [0.29, 0.717) is 62.0 Å². The van der Waals surface area contributed by atoms with Gasteiger partial charge in [-0.3, -0.25) is 14.8 Å². The molecule has 0 saturated carbocycles. The molecule has 1 aromatic carbocycles. The highest BCUT2D eigenvalue weighted by molar-refractivity contribution is 6.24. The van der Waals surface area contributed by atoms with Gasteiger partial charge in [-0.2, -0.15) is 0 Å². The molecule has 3 heterocycles. The summed E-state index contributed by atoms with van der Waals surface area (Å²) in [6.07, 6.45) is 3.59. The number of ether oxygens (including phenoxy) is 1. The van der Waals surface area contributed by atoms with Gasteiger partial charge in [0, 0.05) is 40.2 Å². The molecule has 0 radical (unpaired) electrons. The molecule has 1 unspecified atom stereocenters. The number of carboxylic acid groups (broad SMARTS) is 1. The van der Waals surface area contributed by atoms with E-state index in [1.165, 1.54) is 6.08 Å². The number of benzene rings is 1. The van der Waals surface area contributed by atoms with Crippen molar-refractivity contribution in [3.05, 3.63) is 64.3 Å². The van der Waals surface area contributed by atoms with Crippen molar-refractivity contribution in [2.75, 3.05) is 19.4 Å². The number of nitrogens with two attached hydrogens (primary N) is 1. The second kappa shape index (κ2) is 8.95. The average Bonchev–Trinajstić information content (AvgIpc) is 3.35. The van der Waals surface area contributed by atoms with E-state index in [0.717, 1.165) is 11.1 Å². The van der Waals surface area contributed by atoms with E-state index in [4.69, 9.17) is 15.0 Å². The second-order valence-corrected chi connectivity index (χ2v) is 8.57. The van der Waals surface area contributed by atoms with Crippen molar-refractivity contribution in [2.24, 2.45) is 4.99 Å². The highest BCUT2D eigenvalue weighted by Gasteiger charge is 2.26. The lowest BCUT2D eigenvalue weighted by Crippen LogP contribution is -2.17. The number of allylic oxidation sites excluding steroid dienone is 1. The van der Waals surface area contributed by atoms with Crippen molar-refractivity contribution >= 4 is 34.5 Å². The first-order valence-corrected chi connectivity index (χ1v) is 11.3. The van der Waals surface area contributed by atoms with E-state index in [1.54, 1.807) is 25.4 Å². The Bertz CT molecular complexity index is 1550. The van der Waals surface area contributed by atoms with Crippen LogP contribution >= 0.6 is 0 Å². The zero-order valence-electron chi connectivity index (χ0n) is 19.9. The number of nitrogen functional groups attached to an aromatic ring is 1. The minimum absolute atomic E-state index is 0.100. The number of methoxy groups -OCH3 is 1. The van der Waals surface area contributed by atoms with E-state index in [2.05, 4.69) is 20.1 Å². The largest absolute Gasteiger partial charge is 0.496 e. The number of fused-ring (bicyclic) bond motifs is 2. The summed E-state index contributed by atoms with van der Waals surface area (Å²) in [5.41, 5.74) is 12.1. The number of aromatic amines is 1. The third-order valence-electron chi connectivity index (χ3n) is 6.27. The summed E-state index contributed by atoms with van der Waals surface area (Å²) in [5.74, 6) is 0.389. The van der Waals surface area contributed by atoms with Crippen LogP contribution in [0.4, 0.5) is 10.2 Å². The molecule has 1 atom stereocenters. The number of H-pyrrole nitrogens is 1. The molecule has 0 saturated heterocycles. The Morgan fingerprint density at radius 2 is 2.19 bits per heavy atom. The number of aliphatic carboxylic acids is 1. The van der Waals surface area contributed by atoms with Crippen LogP contribution in [0.3, 0.4) is 0 Å². The lowest BCUT2D eigenvalue weighted by Gasteiger charge is -2.18. The fourth-order valence-corrected chi connectivity index (χ4v) is 4.72. The number of halogens is 1. The third kappa shape index (κ3) is 3.90. The van der Waals surface area contributed by atoms with Gasteiger partial charge in [-0.05, 0) is 49.8 Å². The molecule has 4 N–H and O–H groups in total. The summed E-state index contributed by atoms with van der Waals surface area (Å²) >= 11 is 0. The van der Waals surface area contributed by atoms with Crippen molar-refractivity contribution in [1.82, 2.24) is 15.1 Å². The fourth-order valence-electron chi connectivity index (χ4n) is 4.72. The number of aryl methyl sites for hydroxylation is 2. The first-order valence-electron chi connectivity index (χ1n) is 11.3. The molecule has 36 heavy (non-hydrogen) atoms. The van der Waals surface area contributed by atoms with Crippen molar-refractivity contribution in [3.8, 4) is 16.9 Å². The quantitative estimate of drug-likeness (QED) is 0.344. The Hall–Kier alpha value is -4.47. The van der Waals surface area contributed by atoms with Crippen LogP contribution in [0.15, 0.2) is 40.0 Å². The average molecular weight is 490 g/mol. The summed E-state index contributed by atoms with van der Waals surface area (Å²) in [7, 11) is 1.56. The summed E-state index contributed by atoms with van der Waals surface area (Å²) < 4.78 is 25.4. The van der Waals surface area contributed by atoms with Gasteiger partial charge in [0.1, 0.15) is 30.0 Å². The Labute approximate surface area is 205 Å². The molecule has 0 bridgehead atoms. The molecule has 0 amide bonds. The number of aromatic nitrogens is 3. The van der Waals surface area contributed by atoms with Crippen molar-refractivity contribution < 1.29 is 23.6 Å². The summed E-state index contributed by atoms with van der Waals surface area (Å²) in [4.78, 5) is 23.4. The van der Waals surface area contributed by atoms with E-state index in [9.17, 15) is 14.3 Å². The first kappa shape index (κ1) is 23.3. The maximum atomic E-state index is 14.3. The molecule has 9 nitrogen and oxygen atoms in total. The van der Waals surface area contributed by atoms with Crippen LogP contribution in [-0.2, 0) is 11.2 Å². The second-order valence-electron chi connectivity index (χ2n) is 8.57. The molecule has 10 heteroatoms. The molecule has 4 aromatic rings. The lowest BCUT2D eigenvalue weighted by molar-refractivity contribution is -0.135. The van der Waals surface area contributed by atoms with Crippen LogP contribution in [0, 0.1) is 13.8 Å². The van der Waals surface area contributed by atoms with E-state index in [-0.39, 0.29) is 6.42 Å². The van der Waals surface area contributed by atoms with Gasteiger partial charge in [0.05, 0.1) is 29.8 Å². The van der Waals surface area contributed by atoms with E-state index in [1.807, 2.05) is 26.0 Å². The number of carbonyl (C=O) groups is 1. The van der Waals surface area contributed by atoms with Crippen LogP contribution < -0.4 is 10.5 Å². The number of carboxylic acids is 1. The van der Waals surface area contributed by atoms with E-state index >= 15 is 0 Å². The SMILES string of the molecule is COc1cc2c(C(=NCC(=O)O)c3ccnc4c3CC(F)C=C4)c(N)[nH]c2cc1-c1c(C)noc1C. The first-order chi connectivity index (χ1) is 17.3. The van der Waals surface area contributed by atoms with Crippen LogP contribution in [0.1, 0.15) is 33.8 Å². The molecule has 184 valence electrons. The number of nitrogens with one attached hydrogen (secondary N) is 1. The molecule has 0 fully saturated rings. The number of nitrogens with zero attached hydrogens (tertiary/aromatic N) is 3. The van der Waals surface area contributed by atoms with Crippen molar-refractivity contribution in [3.63, 3.8) is 0 Å². The monoisotopic (exact) mass is 489 g/mol. The maximum absolute atomic E-state index is 14.3. The Balaban J connectivity index is 1.77. The van der Waals surface area contributed by atoms with Gasteiger partial charge < -0.3 is 25.1 Å². The van der Waals surface area contributed by atoms with Gasteiger partial charge in [0.15, 0.2) is 0 Å². The Morgan fingerprint density at radius 1 is 1.39 bits per heavy atom. The van der Waals surface area contributed by atoms with Crippen LogP contribution in [0.25, 0.3) is 28.1 Å². The smallest absolute Gasteiger partial charge is 0.325 e. The molecular formula is C26H24FN5O4. The molecule has 0 aliphatic heterocycles. The van der Waals surface area contributed by atoms with Gasteiger partial charge >= 0.3 is 5.97 Å². The number of rotatable bonds is 6. The minimum Gasteiger partial charge on any atom is -0.496 e. The van der Waals surface area contributed by atoms with Crippen LogP contribution in [0.2, 0.25) is 0 Å². The molecule has 1 aliphatic carbocycles. The number of hydrogen-bond donors (Lipinski definition) is 3. The van der Waals surface area contributed by atoms with Crippen LogP contribution in [0.5, 0.6) is 5.75 Å². The molecular weight excluding hydrogens is 465 g/mol. The number of alkyl halides is 1. The van der Waals surface area contributed by atoms with Gasteiger partial charge in [0.2, 0.25) is 0 Å². The topological polar surface area (TPSA) is 140 Å². The molecule has 3 aromatic heterocycles. The fraction of sp³-hybridized carbons (Fsp3) is 0.231. The van der Waals surface area contributed by atoms with Gasteiger partial charge in [-0.25, -0.2) is 4.39 Å². The normalized spacial score (nSPS) is 15.3. The summed E-state index contributed by atoms with van der Waals surface area (Å²) in [6, 6.07) is 5.41. The van der Waals surface area contributed by atoms with Gasteiger partial charge in [0.25, 0.3) is 0 Å². The summed E-state index contributed by atoms with van der Waals surface area (Å²) in [5, 5.41) is 14.1. The van der Waals surface area contributed by atoms with Gasteiger partial charge in [-0.15, -0.1) is 0 Å². The van der Waals surface area contributed by atoms with Gasteiger partial charge in [-0.1, -0.05) is 5.16 Å². The lowest BCUT2D eigenvalue weighted by atomic mass is 9.90. The predicted octanol–water partition coefficient (Wildman–Crippen LogP) is 4.25. The highest BCUT2D eigenvalue weighted by atomic mass is 19.1. The maximum Gasteiger partial charge on any atom is 0.325 e. The minimum atomic E-state index is -1.18. The Morgan fingerprint density at radius 3 is 2.89 bits per heavy atom. The number of aliphatic imine (C=N–C) groups is 1. The van der Waals surface area contributed by atoms with E-state index < -0.39 is 18.7 Å². The standard InChI is InChI=1S/C26H24FN5O4/c1-12-23(13(2)36-32-12)18-9-20-17(10-21(18)35-3)24(26(28)31-20)25(30-11-22(33)34)15-6-7-29-19-5-4-14(27)8-16(15)19/h4-7,9-10,14,31H,8,11,28H2,1-3H3,(H,33,34). The van der Waals surface area contributed by atoms with Crippen molar-refractivity contribution in [2.45, 2.75) is 26.4 Å². The zero-order chi connectivity index (χ0) is 25.6. The zero-order valence-corrected chi connectivity index (χ0v) is 19.9. The van der Waals surface area contributed by atoms with Crippen molar-refractivity contribution in [1.29, 1.82) is 0 Å². The number of pyridine rings is 1. The number of anilines is 1. The molecule has 5 rings (SSSR count). The number of hydrogen-bond acceptors (Lipinski definition) is 7.